The molecule has 1 unspecified atom stereocenters. The van der Waals surface area contributed by atoms with E-state index in [1.54, 1.807) is 11.0 Å². The first-order chi connectivity index (χ1) is 8.59. The minimum absolute atomic E-state index is 0.0588. The standard InChI is InChI=1S/C13H15NO4/c15-11(13(17)18)6-8-14-7-5-9-3-1-2-4-10(9)12(14)16/h1-4,11,15H,5-8H2,(H,17,18). The average molecular weight is 249 g/mol. The summed E-state index contributed by atoms with van der Waals surface area (Å²) in [6, 6.07) is 7.41. The zero-order valence-electron chi connectivity index (χ0n) is 9.87. The number of aliphatic carboxylic acids is 1. The van der Waals surface area contributed by atoms with E-state index in [4.69, 9.17) is 5.11 Å². The number of carboxylic acids is 1. The van der Waals surface area contributed by atoms with Crippen molar-refractivity contribution in [3.05, 3.63) is 35.4 Å². The van der Waals surface area contributed by atoms with Crippen LogP contribution in [-0.2, 0) is 11.2 Å². The second-order valence-corrected chi connectivity index (χ2v) is 4.34. The number of amides is 1. The monoisotopic (exact) mass is 249 g/mol. The van der Waals surface area contributed by atoms with Crippen LogP contribution in [0.4, 0.5) is 0 Å². The van der Waals surface area contributed by atoms with E-state index in [1.165, 1.54) is 0 Å². The van der Waals surface area contributed by atoms with Crippen molar-refractivity contribution in [2.24, 2.45) is 0 Å². The predicted molar refractivity (Wildman–Crippen MR) is 64.3 cm³/mol. The van der Waals surface area contributed by atoms with Gasteiger partial charge in [-0.2, -0.15) is 0 Å². The Labute approximate surface area is 105 Å². The summed E-state index contributed by atoms with van der Waals surface area (Å²) in [5, 5.41) is 17.8. The van der Waals surface area contributed by atoms with Crippen molar-refractivity contribution in [1.82, 2.24) is 4.90 Å². The Kier molecular flexibility index (Phi) is 3.62. The third-order valence-corrected chi connectivity index (χ3v) is 3.14. The summed E-state index contributed by atoms with van der Waals surface area (Å²) in [5.74, 6) is -1.34. The molecule has 0 fully saturated rings. The highest BCUT2D eigenvalue weighted by atomic mass is 16.4. The van der Waals surface area contributed by atoms with Crippen molar-refractivity contribution in [3.8, 4) is 0 Å². The molecule has 0 saturated carbocycles. The van der Waals surface area contributed by atoms with Crippen LogP contribution >= 0.6 is 0 Å². The molecule has 96 valence electrons. The first kappa shape index (κ1) is 12.6. The fourth-order valence-corrected chi connectivity index (χ4v) is 2.09. The van der Waals surface area contributed by atoms with E-state index in [9.17, 15) is 14.7 Å². The summed E-state index contributed by atoms with van der Waals surface area (Å²) in [4.78, 5) is 24.2. The first-order valence-electron chi connectivity index (χ1n) is 5.87. The Morgan fingerprint density at radius 3 is 2.83 bits per heavy atom. The highest BCUT2D eigenvalue weighted by Gasteiger charge is 2.24. The number of rotatable bonds is 4. The van der Waals surface area contributed by atoms with E-state index in [1.807, 2.05) is 18.2 Å². The number of hydrogen-bond donors (Lipinski definition) is 2. The van der Waals surface area contributed by atoms with Crippen LogP contribution in [0.5, 0.6) is 0 Å². The normalized spacial score (nSPS) is 16.3. The van der Waals surface area contributed by atoms with E-state index in [0.29, 0.717) is 12.1 Å². The maximum atomic E-state index is 12.1. The fourth-order valence-electron chi connectivity index (χ4n) is 2.09. The summed E-state index contributed by atoms with van der Waals surface area (Å²) in [6.45, 7) is 0.836. The Balaban J connectivity index is 2.01. The molecule has 1 aliphatic rings. The molecule has 2 rings (SSSR count). The van der Waals surface area contributed by atoms with Gasteiger partial charge in [-0.3, -0.25) is 4.79 Å². The van der Waals surface area contributed by atoms with Crippen LogP contribution in [0.1, 0.15) is 22.3 Å². The van der Waals surface area contributed by atoms with E-state index >= 15 is 0 Å². The number of fused-ring (bicyclic) bond motifs is 1. The van der Waals surface area contributed by atoms with Crippen molar-refractivity contribution in [2.45, 2.75) is 18.9 Å². The van der Waals surface area contributed by atoms with Crippen LogP contribution in [-0.4, -0.2) is 46.2 Å². The topological polar surface area (TPSA) is 77.8 Å². The molecule has 2 N–H and O–H groups in total. The highest BCUT2D eigenvalue weighted by Crippen LogP contribution is 2.18. The maximum Gasteiger partial charge on any atom is 0.332 e. The Bertz CT molecular complexity index is 472. The van der Waals surface area contributed by atoms with Crippen LogP contribution < -0.4 is 0 Å². The average Bonchev–Trinajstić information content (AvgIpc) is 2.38. The number of aliphatic hydroxyl groups excluding tert-OH is 1. The van der Waals surface area contributed by atoms with Crippen LogP contribution in [0, 0.1) is 0 Å². The van der Waals surface area contributed by atoms with Gasteiger partial charge in [0.2, 0.25) is 0 Å². The number of benzene rings is 1. The number of hydrogen-bond acceptors (Lipinski definition) is 3. The molecule has 5 nitrogen and oxygen atoms in total. The molecule has 0 radical (unpaired) electrons. The van der Waals surface area contributed by atoms with Gasteiger partial charge >= 0.3 is 5.97 Å². The lowest BCUT2D eigenvalue weighted by atomic mass is 9.99. The lowest BCUT2D eigenvalue weighted by Gasteiger charge is -2.28. The zero-order chi connectivity index (χ0) is 13.1. The Hall–Kier alpha value is -1.88. The minimum atomic E-state index is -1.41. The first-order valence-corrected chi connectivity index (χ1v) is 5.87. The molecule has 1 aromatic rings. The van der Waals surface area contributed by atoms with Gasteiger partial charge in [-0.15, -0.1) is 0 Å². The van der Waals surface area contributed by atoms with Crippen molar-refractivity contribution in [2.75, 3.05) is 13.1 Å². The summed E-state index contributed by atoms with van der Waals surface area (Å²) in [6.07, 6.45) is -0.580. The van der Waals surface area contributed by atoms with Gasteiger partial charge in [0.1, 0.15) is 0 Å². The second-order valence-electron chi connectivity index (χ2n) is 4.34. The molecule has 0 aromatic heterocycles. The molecule has 18 heavy (non-hydrogen) atoms. The molecule has 1 heterocycles. The van der Waals surface area contributed by atoms with Crippen molar-refractivity contribution in [3.63, 3.8) is 0 Å². The summed E-state index contributed by atoms with van der Waals surface area (Å²) in [7, 11) is 0. The van der Waals surface area contributed by atoms with Gasteiger partial charge in [0.15, 0.2) is 6.10 Å². The van der Waals surface area contributed by atoms with Crippen molar-refractivity contribution >= 4 is 11.9 Å². The smallest absolute Gasteiger partial charge is 0.332 e. The number of nitrogens with zero attached hydrogens (tertiary/aromatic N) is 1. The van der Waals surface area contributed by atoms with Crippen molar-refractivity contribution < 1.29 is 19.8 Å². The molecule has 0 bridgehead atoms. The number of aliphatic hydroxyl groups is 1. The molecule has 1 aromatic carbocycles. The molecule has 1 atom stereocenters. The van der Waals surface area contributed by atoms with E-state index < -0.39 is 12.1 Å². The van der Waals surface area contributed by atoms with Crippen LogP contribution in [0.15, 0.2) is 24.3 Å². The quantitative estimate of drug-likeness (QED) is 0.815. The van der Waals surface area contributed by atoms with Gasteiger partial charge in [0.05, 0.1) is 0 Å². The molecule has 5 heteroatoms. The molecule has 0 aliphatic carbocycles. The highest BCUT2D eigenvalue weighted by molar-refractivity contribution is 5.96. The van der Waals surface area contributed by atoms with Gasteiger partial charge in [-0.1, -0.05) is 18.2 Å². The van der Waals surface area contributed by atoms with Crippen LogP contribution in [0.3, 0.4) is 0 Å². The largest absolute Gasteiger partial charge is 0.479 e. The lowest BCUT2D eigenvalue weighted by Crippen LogP contribution is -2.39. The van der Waals surface area contributed by atoms with Gasteiger partial charge < -0.3 is 15.1 Å². The predicted octanol–water partition coefficient (Wildman–Crippen LogP) is 0.520. The van der Waals surface area contributed by atoms with Gasteiger partial charge in [-0.25, -0.2) is 4.79 Å². The SMILES string of the molecule is O=C(O)C(O)CCN1CCc2ccccc2C1=O. The third kappa shape index (κ3) is 2.51. The lowest BCUT2D eigenvalue weighted by molar-refractivity contribution is -0.147. The van der Waals surface area contributed by atoms with Crippen molar-refractivity contribution in [1.29, 1.82) is 0 Å². The van der Waals surface area contributed by atoms with E-state index in [0.717, 1.165) is 12.0 Å². The van der Waals surface area contributed by atoms with Crippen LogP contribution in [0.25, 0.3) is 0 Å². The summed E-state index contributed by atoms with van der Waals surface area (Å²) in [5.41, 5.74) is 1.70. The second kappa shape index (κ2) is 5.18. The summed E-state index contributed by atoms with van der Waals surface area (Å²) >= 11 is 0. The third-order valence-electron chi connectivity index (χ3n) is 3.14. The van der Waals surface area contributed by atoms with E-state index in [-0.39, 0.29) is 18.9 Å². The molecule has 0 spiro atoms. The Morgan fingerprint density at radius 2 is 2.11 bits per heavy atom. The number of carbonyl (C=O) groups excluding carboxylic acids is 1. The zero-order valence-corrected chi connectivity index (χ0v) is 9.87. The molecule has 1 aliphatic heterocycles. The van der Waals surface area contributed by atoms with E-state index in [2.05, 4.69) is 0 Å². The maximum absolute atomic E-state index is 12.1. The molecular formula is C13H15NO4. The van der Waals surface area contributed by atoms with Gasteiger partial charge in [0.25, 0.3) is 5.91 Å². The minimum Gasteiger partial charge on any atom is -0.479 e. The molecule has 0 saturated heterocycles. The number of carboxylic acid groups (broad SMARTS) is 1. The van der Waals surface area contributed by atoms with Gasteiger partial charge in [0, 0.05) is 25.1 Å². The Morgan fingerprint density at radius 1 is 1.39 bits per heavy atom. The van der Waals surface area contributed by atoms with Gasteiger partial charge in [-0.05, 0) is 18.1 Å². The number of carbonyl (C=O) groups is 2. The summed E-state index contributed by atoms with van der Waals surface area (Å²) < 4.78 is 0. The fraction of sp³-hybridized carbons (Fsp3) is 0.385. The molecule has 1 amide bonds. The molecular weight excluding hydrogens is 234 g/mol. The van der Waals surface area contributed by atoms with Crippen LogP contribution in [0.2, 0.25) is 0 Å².